The Morgan fingerprint density at radius 2 is 1.70 bits per heavy atom. The van der Waals surface area contributed by atoms with Crippen LogP contribution in [0.2, 0.25) is 0 Å². The van der Waals surface area contributed by atoms with E-state index in [1.165, 1.54) is 44.9 Å². The van der Waals surface area contributed by atoms with Crippen molar-refractivity contribution in [2.24, 2.45) is 52.3 Å². The summed E-state index contributed by atoms with van der Waals surface area (Å²) in [5, 5.41) is 0. The number of hydrogen-bond donors (Lipinski definition) is 0. The van der Waals surface area contributed by atoms with Gasteiger partial charge >= 0.3 is 5.97 Å². The van der Waals surface area contributed by atoms with Crippen LogP contribution in [0.15, 0.2) is 0 Å². The summed E-state index contributed by atoms with van der Waals surface area (Å²) in [5.41, 5.74) is 0.828. The summed E-state index contributed by atoms with van der Waals surface area (Å²) in [6.07, 6.45) is 12.9. The highest BCUT2D eigenvalue weighted by Gasteiger charge is 2.69. The first-order chi connectivity index (χ1) is 15.7. The zero-order valence-corrected chi connectivity index (χ0v) is 21.6. The quantitative estimate of drug-likeness (QED) is 0.429. The van der Waals surface area contributed by atoms with Gasteiger partial charge in [0.05, 0.1) is 12.7 Å². The van der Waals surface area contributed by atoms with E-state index in [0.717, 1.165) is 49.5 Å². The van der Waals surface area contributed by atoms with Crippen LogP contribution in [0.25, 0.3) is 0 Å². The lowest BCUT2D eigenvalue weighted by Gasteiger charge is -2.61. The van der Waals surface area contributed by atoms with Crippen LogP contribution in [0.1, 0.15) is 98.8 Å². The zero-order valence-electron chi connectivity index (χ0n) is 21.6. The molecule has 0 radical (unpaired) electrons. The van der Waals surface area contributed by atoms with Crippen LogP contribution >= 0.6 is 0 Å². The maximum Gasteiger partial charge on any atom is 0.302 e. The lowest BCUT2D eigenvalue weighted by Crippen LogP contribution is -2.55. The Kier molecular flexibility index (Phi) is 5.32. The Bertz CT molecular complexity index is 786. The lowest BCUT2D eigenvalue weighted by atomic mass is 9.44. The molecular formula is C29H46O4. The Hall–Kier alpha value is -0.610. The molecule has 2 aliphatic heterocycles. The molecule has 6 rings (SSSR count). The number of carbonyl (C=O) groups is 1. The summed E-state index contributed by atoms with van der Waals surface area (Å²) in [6, 6.07) is 0. The molecule has 0 aromatic rings. The highest BCUT2D eigenvalue weighted by molar-refractivity contribution is 5.66. The minimum Gasteiger partial charge on any atom is -0.463 e. The molecule has 6 aliphatic rings. The van der Waals surface area contributed by atoms with Gasteiger partial charge in [0.2, 0.25) is 0 Å². The van der Waals surface area contributed by atoms with Crippen LogP contribution in [0, 0.1) is 52.3 Å². The summed E-state index contributed by atoms with van der Waals surface area (Å²) in [7, 11) is 0. The first-order valence-corrected chi connectivity index (χ1v) is 14.2. The Morgan fingerprint density at radius 1 is 0.909 bits per heavy atom. The fourth-order valence-electron chi connectivity index (χ4n) is 10.6. The van der Waals surface area contributed by atoms with E-state index in [0.29, 0.717) is 34.7 Å². The molecule has 186 valence electrons. The van der Waals surface area contributed by atoms with E-state index in [1.807, 2.05) is 0 Å². The third kappa shape index (κ3) is 3.25. The molecule has 6 fully saturated rings. The van der Waals surface area contributed by atoms with Crippen molar-refractivity contribution in [3.8, 4) is 0 Å². The molecule has 0 aromatic carbocycles. The van der Waals surface area contributed by atoms with Crippen molar-refractivity contribution in [3.63, 3.8) is 0 Å². The first kappa shape index (κ1) is 22.8. The van der Waals surface area contributed by atoms with E-state index in [1.54, 1.807) is 6.92 Å². The minimum atomic E-state index is -0.300. The van der Waals surface area contributed by atoms with E-state index >= 15 is 0 Å². The fraction of sp³-hybridized carbons (Fsp3) is 0.966. The topological polar surface area (TPSA) is 44.8 Å². The zero-order chi connectivity index (χ0) is 23.2. The Balaban J connectivity index is 1.21. The van der Waals surface area contributed by atoms with Crippen LogP contribution < -0.4 is 0 Å². The van der Waals surface area contributed by atoms with Crippen molar-refractivity contribution in [2.75, 3.05) is 6.61 Å². The number of fused-ring (bicyclic) bond motifs is 7. The maximum atomic E-state index is 11.5. The monoisotopic (exact) mass is 458 g/mol. The highest BCUT2D eigenvalue weighted by atomic mass is 16.7. The molecule has 4 saturated carbocycles. The Labute approximate surface area is 200 Å². The van der Waals surface area contributed by atoms with Gasteiger partial charge in [-0.3, -0.25) is 4.79 Å². The summed E-state index contributed by atoms with van der Waals surface area (Å²) in [5.74, 6) is 4.63. The van der Waals surface area contributed by atoms with Gasteiger partial charge in [0.1, 0.15) is 6.10 Å². The molecule has 1 spiro atoms. The third-order valence-electron chi connectivity index (χ3n) is 12.2. The van der Waals surface area contributed by atoms with Crippen LogP contribution in [0.5, 0.6) is 0 Å². The van der Waals surface area contributed by atoms with Gasteiger partial charge in [0, 0.05) is 19.3 Å². The van der Waals surface area contributed by atoms with Gasteiger partial charge in [-0.15, -0.1) is 0 Å². The molecule has 0 unspecified atom stereocenters. The number of carbonyl (C=O) groups excluding carboxylic acids is 1. The molecule has 0 amide bonds. The largest absolute Gasteiger partial charge is 0.463 e. The molecule has 33 heavy (non-hydrogen) atoms. The molecule has 0 aromatic heterocycles. The minimum absolute atomic E-state index is 0.105. The molecule has 4 nitrogen and oxygen atoms in total. The molecule has 4 heteroatoms. The summed E-state index contributed by atoms with van der Waals surface area (Å²) in [6.45, 7) is 12.4. The average Bonchev–Trinajstić information content (AvgIpc) is 3.21. The van der Waals surface area contributed by atoms with Crippen molar-refractivity contribution in [3.05, 3.63) is 0 Å². The second-order valence-corrected chi connectivity index (χ2v) is 13.7. The number of esters is 1. The molecular weight excluding hydrogens is 412 g/mol. The Morgan fingerprint density at radius 3 is 2.42 bits per heavy atom. The van der Waals surface area contributed by atoms with Crippen LogP contribution in [-0.2, 0) is 19.0 Å². The van der Waals surface area contributed by atoms with Crippen molar-refractivity contribution in [1.82, 2.24) is 0 Å². The summed E-state index contributed by atoms with van der Waals surface area (Å²) in [4.78, 5) is 11.5. The van der Waals surface area contributed by atoms with Gasteiger partial charge in [-0.1, -0.05) is 27.7 Å². The van der Waals surface area contributed by atoms with Gasteiger partial charge in [0.15, 0.2) is 5.79 Å². The van der Waals surface area contributed by atoms with Crippen molar-refractivity contribution < 1.29 is 19.0 Å². The van der Waals surface area contributed by atoms with E-state index in [-0.39, 0.29) is 17.9 Å². The first-order valence-electron chi connectivity index (χ1n) is 14.2. The normalized spacial score (nSPS) is 57.7. The lowest BCUT2D eigenvalue weighted by molar-refractivity contribution is -0.273. The van der Waals surface area contributed by atoms with Gasteiger partial charge in [-0.05, 0) is 104 Å². The number of rotatable bonds is 1. The van der Waals surface area contributed by atoms with Crippen molar-refractivity contribution in [1.29, 1.82) is 0 Å². The predicted molar refractivity (Wildman–Crippen MR) is 127 cm³/mol. The van der Waals surface area contributed by atoms with E-state index < -0.39 is 0 Å². The van der Waals surface area contributed by atoms with Crippen LogP contribution in [0.4, 0.5) is 0 Å². The van der Waals surface area contributed by atoms with E-state index in [9.17, 15) is 4.79 Å². The van der Waals surface area contributed by atoms with Gasteiger partial charge < -0.3 is 14.2 Å². The smallest absolute Gasteiger partial charge is 0.302 e. The van der Waals surface area contributed by atoms with Crippen LogP contribution in [0.3, 0.4) is 0 Å². The molecule has 0 N–H and O–H groups in total. The molecule has 0 bridgehead atoms. The standard InChI is InChI=1S/C29H46O4/c1-17-8-13-29(31-16-17)18(2)26-25(33-29)15-24-22-7-6-20-14-21(32-19(3)30)9-11-27(20,4)23(22)10-12-28(24,26)5/h17-18,20-26H,6-16H2,1-5H3/t17-,18+,20-,21-,22+,23-,24-,25-,26-,27-,28-,29+/m0/s1. The predicted octanol–water partition coefficient (Wildman–Crippen LogP) is 6.36. The van der Waals surface area contributed by atoms with E-state index in [2.05, 4.69) is 27.7 Å². The average molecular weight is 459 g/mol. The number of ether oxygens (including phenoxy) is 3. The molecule has 2 heterocycles. The van der Waals surface area contributed by atoms with Gasteiger partial charge in [-0.25, -0.2) is 0 Å². The fourth-order valence-corrected chi connectivity index (χ4v) is 10.6. The summed E-state index contributed by atoms with van der Waals surface area (Å²) >= 11 is 0. The van der Waals surface area contributed by atoms with Crippen molar-refractivity contribution in [2.45, 2.75) is 117 Å². The molecule has 12 atom stereocenters. The van der Waals surface area contributed by atoms with E-state index in [4.69, 9.17) is 14.2 Å². The summed E-state index contributed by atoms with van der Waals surface area (Å²) < 4.78 is 19.1. The van der Waals surface area contributed by atoms with Gasteiger partial charge in [-0.2, -0.15) is 0 Å². The second-order valence-electron chi connectivity index (χ2n) is 13.7. The molecule has 2 saturated heterocycles. The van der Waals surface area contributed by atoms with Crippen LogP contribution in [-0.4, -0.2) is 30.6 Å². The molecule has 4 aliphatic carbocycles. The SMILES string of the molecule is CC(=O)O[C@H]1CC[C@@]2(C)[C@@H](CC[C@@H]3[C@@H]2CC[C@]2(C)[C@@H]4[C@H](C[C@@H]32)O[C@]2(CC[C@H](C)CO2)[C@@H]4C)C1. The second kappa shape index (κ2) is 7.69. The highest BCUT2D eigenvalue weighted by Crippen LogP contribution is 2.71. The van der Waals surface area contributed by atoms with Crippen molar-refractivity contribution >= 4 is 5.97 Å². The number of hydrogen-bond acceptors (Lipinski definition) is 4. The maximum absolute atomic E-state index is 11.5. The third-order valence-corrected chi connectivity index (χ3v) is 12.2. The van der Waals surface area contributed by atoms with Gasteiger partial charge in [0.25, 0.3) is 0 Å².